The first-order valence-electron chi connectivity index (χ1n) is 5.36. The highest BCUT2D eigenvalue weighted by atomic mass is 32.1. The number of hydrogen-bond donors (Lipinski definition) is 1. The lowest BCUT2D eigenvalue weighted by Crippen LogP contribution is -2.31. The van der Waals surface area contributed by atoms with Gasteiger partial charge in [0, 0.05) is 24.5 Å². The molecule has 1 amide bonds. The van der Waals surface area contributed by atoms with Crippen molar-refractivity contribution < 1.29 is 14.7 Å². The molecular formula is C11H16N2O3S. The summed E-state index contributed by atoms with van der Waals surface area (Å²) >= 11 is 1.59. The summed E-state index contributed by atoms with van der Waals surface area (Å²) in [6.07, 6.45) is 1.84. The predicted octanol–water partition coefficient (Wildman–Crippen LogP) is 1.32. The van der Waals surface area contributed by atoms with Crippen molar-refractivity contribution in [2.24, 2.45) is 0 Å². The summed E-state index contributed by atoms with van der Waals surface area (Å²) in [6.45, 7) is 1.70. The zero-order valence-electron chi connectivity index (χ0n) is 9.97. The highest BCUT2D eigenvalue weighted by molar-refractivity contribution is 7.09. The van der Waals surface area contributed by atoms with Crippen LogP contribution in [0.4, 0.5) is 0 Å². The molecule has 0 fully saturated rings. The highest BCUT2D eigenvalue weighted by Crippen LogP contribution is 2.12. The van der Waals surface area contributed by atoms with Crippen molar-refractivity contribution in [3.05, 3.63) is 16.1 Å². The van der Waals surface area contributed by atoms with E-state index >= 15 is 0 Å². The standard InChI is InChI=1S/C11H16N2O3S/c1-8-7-17-9(12-8)4-3-5-10(14)13(2)6-11(15)16/h7H,3-6H2,1-2H3,(H,15,16). The molecule has 5 nitrogen and oxygen atoms in total. The normalized spacial score (nSPS) is 10.2. The maximum atomic E-state index is 11.5. The van der Waals surface area contributed by atoms with E-state index in [1.54, 1.807) is 11.3 Å². The fourth-order valence-electron chi connectivity index (χ4n) is 1.39. The molecule has 0 aliphatic heterocycles. The SMILES string of the molecule is Cc1csc(CCCC(=O)N(C)CC(=O)O)n1. The Hall–Kier alpha value is -1.43. The maximum absolute atomic E-state index is 11.5. The summed E-state index contributed by atoms with van der Waals surface area (Å²) in [7, 11) is 1.50. The molecule has 94 valence electrons. The smallest absolute Gasteiger partial charge is 0.323 e. The molecule has 17 heavy (non-hydrogen) atoms. The van der Waals surface area contributed by atoms with Gasteiger partial charge < -0.3 is 10.0 Å². The van der Waals surface area contributed by atoms with Crippen LogP contribution in [0.2, 0.25) is 0 Å². The topological polar surface area (TPSA) is 70.5 Å². The minimum Gasteiger partial charge on any atom is -0.480 e. The van der Waals surface area contributed by atoms with Gasteiger partial charge in [-0.05, 0) is 19.8 Å². The monoisotopic (exact) mass is 256 g/mol. The van der Waals surface area contributed by atoms with Crippen molar-refractivity contribution in [3.63, 3.8) is 0 Å². The maximum Gasteiger partial charge on any atom is 0.323 e. The molecule has 1 heterocycles. The third-order valence-electron chi connectivity index (χ3n) is 2.25. The van der Waals surface area contributed by atoms with Crippen LogP contribution in [0.1, 0.15) is 23.5 Å². The predicted molar refractivity (Wildman–Crippen MR) is 65.1 cm³/mol. The van der Waals surface area contributed by atoms with Crippen LogP contribution in [0.25, 0.3) is 0 Å². The molecule has 1 N–H and O–H groups in total. The zero-order valence-corrected chi connectivity index (χ0v) is 10.8. The molecule has 0 atom stereocenters. The van der Waals surface area contributed by atoms with E-state index in [4.69, 9.17) is 5.11 Å². The Balaban J connectivity index is 2.26. The van der Waals surface area contributed by atoms with Gasteiger partial charge in [0.25, 0.3) is 0 Å². The van der Waals surface area contributed by atoms with Crippen molar-refractivity contribution in [3.8, 4) is 0 Å². The van der Waals surface area contributed by atoms with Crippen LogP contribution in [0.3, 0.4) is 0 Å². The average Bonchev–Trinajstić information content (AvgIpc) is 2.63. The van der Waals surface area contributed by atoms with Gasteiger partial charge in [0.05, 0.1) is 5.01 Å². The number of aryl methyl sites for hydroxylation is 2. The number of amides is 1. The first-order chi connectivity index (χ1) is 7.99. The molecule has 1 aromatic heterocycles. The third kappa shape index (κ3) is 4.95. The highest BCUT2D eigenvalue weighted by Gasteiger charge is 2.11. The van der Waals surface area contributed by atoms with Crippen LogP contribution in [0.15, 0.2) is 5.38 Å². The van der Waals surface area contributed by atoms with Gasteiger partial charge in [0.15, 0.2) is 0 Å². The quantitative estimate of drug-likeness (QED) is 0.833. The number of likely N-dealkylation sites (N-methyl/N-ethyl adjacent to an activating group) is 1. The summed E-state index contributed by atoms with van der Waals surface area (Å²) in [5.74, 6) is -1.13. The third-order valence-corrected chi connectivity index (χ3v) is 3.27. The Morgan fingerprint density at radius 1 is 1.53 bits per heavy atom. The lowest BCUT2D eigenvalue weighted by atomic mass is 10.2. The number of nitrogens with zero attached hydrogens (tertiary/aromatic N) is 2. The van der Waals surface area contributed by atoms with Crippen LogP contribution >= 0.6 is 11.3 Å². The molecule has 0 saturated heterocycles. The van der Waals surface area contributed by atoms with E-state index in [0.717, 1.165) is 17.1 Å². The van der Waals surface area contributed by atoms with Crippen LogP contribution in [0, 0.1) is 6.92 Å². The molecule has 0 unspecified atom stereocenters. The lowest BCUT2D eigenvalue weighted by Gasteiger charge is -2.13. The number of carbonyl (C=O) groups is 2. The minimum absolute atomic E-state index is 0.138. The first kappa shape index (κ1) is 13.6. The van der Waals surface area contributed by atoms with Crippen molar-refractivity contribution in [2.75, 3.05) is 13.6 Å². The Morgan fingerprint density at radius 3 is 2.76 bits per heavy atom. The van der Waals surface area contributed by atoms with Gasteiger partial charge in [-0.1, -0.05) is 0 Å². The van der Waals surface area contributed by atoms with Crippen molar-refractivity contribution in [1.82, 2.24) is 9.88 Å². The lowest BCUT2D eigenvalue weighted by molar-refractivity contribution is -0.143. The Bertz CT molecular complexity index is 403. The zero-order chi connectivity index (χ0) is 12.8. The van der Waals surface area contributed by atoms with Crippen LogP contribution in [-0.4, -0.2) is 40.5 Å². The first-order valence-corrected chi connectivity index (χ1v) is 6.23. The van der Waals surface area contributed by atoms with Gasteiger partial charge in [-0.3, -0.25) is 9.59 Å². The Morgan fingerprint density at radius 2 is 2.24 bits per heavy atom. The van der Waals surface area contributed by atoms with E-state index in [0.29, 0.717) is 12.8 Å². The van der Waals surface area contributed by atoms with E-state index in [1.165, 1.54) is 11.9 Å². The number of rotatable bonds is 6. The molecule has 0 aliphatic rings. The van der Waals surface area contributed by atoms with Gasteiger partial charge in [-0.2, -0.15) is 0 Å². The molecule has 0 radical (unpaired) electrons. The molecule has 0 aliphatic carbocycles. The summed E-state index contributed by atoms with van der Waals surface area (Å²) in [5, 5.41) is 11.5. The van der Waals surface area contributed by atoms with Crippen LogP contribution in [-0.2, 0) is 16.0 Å². The second kappa shape index (κ2) is 6.34. The van der Waals surface area contributed by atoms with E-state index in [1.807, 2.05) is 12.3 Å². The number of carboxylic acids is 1. The van der Waals surface area contributed by atoms with Crippen LogP contribution in [0.5, 0.6) is 0 Å². The number of hydrogen-bond acceptors (Lipinski definition) is 4. The Kier molecular flexibility index (Phi) is 5.09. The van der Waals surface area contributed by atoms with Gasteiger partial charge in [-0.25, -0.2) is 4.98 Å². The molecule has 0 saturated carbocycles. The number of carboxylic acid groups (broad SMARTS) is 1. The van der Waals surface area contributed by atoms with Crippen molar-refractivity contribution in [2.45, 2.75) is 26.2 Å². The molecule has 0 spiro atoms. The van der Waals surface area contributed by atoms with Crippen molar-refractivity contribution in [1.29, 1.82) is 0 Å². The average molecular weight is 256 g/mol. The van der Waals surface area contributed by atoms with Gasteiger partial charge >= 0.3 is 5.97 Å². The molecule has 1 aromatic rings. The summed E-state index contributed by atoms with van der Waals surface area (Å²) in [6, 6.07) is 0. The molecule has 0 bridgehead atoms. The summed E-state index contributed by atoms with van der Waals surface area (Å²) < 4.78 is 0. The van der Waals surface area contributed by atoms with E-state index < -0.39 is 5.97 Å². The summed E-state index contributed by atoms with van der Waals surface area (Å²) in [5.41, 5.74) is 0.999. The number of carbonyl (C=O) groups excluding carboxylic acids is 1. The fraction of sp³-hybridized carbons (Fsp3) is 0.545. The van der Waals surface area contributed by atoms with Crippen LogP contribution < -0.4 is 0 Å². The molecule has 1 rings (SSSR count). The van der Waals surface area contributed by atoms with Gasteiger partial charge in [-0.15, -0.1) is 11.3 Å². The fourth-order valence-corrected chi connectivity index (χ4v) is 2.21. The molecule has 6 heteroatoms. The second-order valence-corrected chi connectivity index (χ2v) is 4.82. The summed E-state index contributed by atoms with van der Waals surface area (Å²) in [4.78, 5) is 27.5. The second-order valence-electron chi connectivity index (χ2n) is 3.88. The minimum atomic E-state index is -0.989. The molecular weight excluding hydrogens is 240 g/mol. The van der Waals surface area contributed by atoms with E-state index in [2.05, 4.69) is 4.98 Å². The largest absolute Gasteiger partial charge is 0.480 e. The van der Waals surface area contributed by atoms with E-state index in [9.17, 15) is 9.59 Å². The number of aromatic nitrogens is 1. The van der Waals surface area contributed by atoms with Crippen molar-refractivity contribution >= 4 is 23.2 Å². The molecule has 0 aromatic carbocycles. The van der Waals surface area contributed by atoms with Gasteiger partial charge in [0.1, 0.15) is 6.54 Å². The number of aliphatic carboxylic acids is 1. The Labute approximate surface area is 104 Å². The van der Waals surface area contributed by atoms with Gasteiger partial charge in [0.2, 0.25) is 5.91 Å². The number of thiazole rings is 1. The van der Waals surface area contributed by atoms with E-state index in [-0.39, 0.29) is 12.5 Å².